The average molecular weight is 452 g/mol. The molecule has 9 heteroatoms. The van der Waals surface area contributed by atoms with Crippen LogP contribution in [0.1, 0.15) is 61.4 Å². The highest BCUT2D eigenvalue weighted by molar-refractivity contribution is 6.01. The first-order valence-electron chi connectivity index (χ1n) is 10.8. The van der Waals surface area contributed by atoms with Crippen molar-refractivity contribution >= 4 is 29.1 Å². The van der Waals surface area contributed by atoms with E-state index in [0.717, 1.165) is 17.0 Å². The lowest BCUT2D eigenvalue weighted by atomic mass is 9.95. The van der Waals surface area contributed by atoms with Gasteiger partial charge in [-0.3, -0.25) is 14.4 Å². The van der Waals surface area contributed by atoms with Gasteiger partial charge in [-0.2, -0.15) is 10.1 Å². The van der Waals surface area contributed by atoms with Crippen LogP contribution in [0.2, 0.25) is 0 Å². The molecule has 3 aromatic rings. The molecular formula is C24H29N5O4. The molecule has 2 heterocycles. The van der Waals surface area contributed by atoms with Crippen LogP contribution in [0.3, 0.4) is 0 Å². The Labute approximate surface area is 192 Å². The summed E-state index contributed by atoms with van der Waals surface area (Å²) in [6.45, 7) is 10.8. The van der Waals surface area contributed by atoms with Crippen molar-refractivity contribution in [2.24, 2.45) is 5.41 Å². The van der Waals surface area contributed by atoms with E-state index in [0.29, 0.717) is 23.4 Å². The van der Waals surface area contributed by atoms with Gasteiger partial charge in [0.2, 0.25) is 11.7 Å². The van der Waals surface area contributed by atoms with Crippen molar-refractivity contribution in [3.63, 3.8) is 0 Å². The number of hydrogen-bond acceptors (Lipinski definition) is 7. The highest BCUT2D eigenvalue weighted by atomic mass is 16.5. The first kappa shape index (κ1) is 24.0. The van der Waals surface area contributed by atoms with Gasteiger partial charge in [-0.25, -0.2) is 9.50 Å². The summed E-state index contributed by atoms with van der Waals surface area (Å²) in [5.74, 6) is -0.385. The van der Waals surface area contributed by atoms with Gasteiger partial charge in [-0.1, -0.05) is 20.8 Å². The second-order valence-electron chi connectivity index (χ2n) is 9.01. The number of benzene rings is 1. The number of nitrogens with one attached hydrogen (secondary N) is 1. The fourth-order valence-electron chi connectivity index (χ4n) is 3.32. The van der Waals surface area contributed by atoms with Crippen molar-refractivity contribution in [1.29, 1.82) is 0 Å². The van der Waals surface area contributed by atoms with Gasteiger partial charge in [-0.05, 0) is 57.0 Å². The normalized spacial score (nSPS) is 12.4. The smallest absolute Gasteiger partial charge is 0.306 e. The van der Waals surface area contributed by atoms with Gasteiger partial charge < -0.3 is 10.1 Å². The standard InChI is InChI=1S/C24H29N5O4/c1-14-19(15(2)29-23(27-14)25-13-26-29)11-12-20(30)33-16(3)21(31)17-7-9-18(10-8-17)28-22(32)24(4,5)6/h7-10,13,16H,11-12H2,1-6H3,(H,28,32). The van der Waals surface area contributed by atoms with Crippen LogP contribution in [0.5, 0.6) is 0 Å². The Morgan fingerprint density at radius 1 is 1.12 bits per heavy atom. The van der Waals surface area contributed by atoms with Gasteiger partial charge in [0.25, 0.3) is 5.78 Å². The number of aryl methyl sites for hydroxylation is 2. The lowest BCUT2D eigenvalue weighted by molar-refractivity contribution is -0.146. The van der Waals surface area contributed by atoms with Crippen LogP contribution in [0, 0.1) is 19.3 Å². The van der Waals surface area contributed by atoms with E-state index in [1.54, 1.807) is 35.7 Å². The number of aromatic nitrogens is 4. The molecule has 0 aliphatic rings. The maximum absolute atomic E-state index is 12.7. The predicted octanol–water partition coefficient (Wildman–Crippen LogP) is 3.47. The monoisotopic (exact) mass is 451 g/mol. The quantitative estimate of drug-likeness (QED) is 0.432. The molecule has 2 aromatic heterocycles. The molecule has 0 spiro atoms. The number of esters is 1. The van der Waals surface area contributed by atoms with Crippen LogP contribution in [-0.2, 0) is 20.7 Å². The lowest BCUT2D eigenvalue weighted by Crippen LogP contribution is -2.27. The summed E-state index contributed by atoms with van der Waals surface area (Å²) >= 11 is 0. The summed E-state index contributed by atoms with van der Waals surface area (Å²) in [7, 11) is 0. The highest BCUT2D eigenvalue weighted by Crippen LogP contribution is 2.19. The molecule has 33 heavy (non-hydrogen) atoms. The Hall–Kier alpha value is -3.62. The van der Waals surface area contributed by atoms with Crippen molar-refractivity contribution in [1.82, 2.24) is 19.6 Å². The molecular weight excluding hydrogens is 422 g/mol. The molecule has 1 amide bonds. The van der Waals surface area contributed by atoms with Crippen LogP contribution < -0.4 is 5.32 Å². The maximum Gasteiger partial charge on any atom is 0.306 e. The molecule has 174 valence electrons. The van der Waals surface area contributed by atoms with E-state index in [4.69, 9.17) is 4.74 Å². The van der Waals surface area contributed by atoms with E-state index in [2.05, 4.69) is 20.4 Å². The van der Waals surface area contributed by atoms with Crippen molar-refractivity contribution < 1.29 is 19.1 Å². The molecule has 0 aliphatic carbocycles. The van der Waals surface area contributed by atoms with E-state index < -0.39 is 17.5 Å². The summed E-state index contributed by atoms with van der Waals surface area (Å²) in [5.41, 5.74) is 3.02. The summed E-state index contributed by atoms with van der Waals surface area (Å²) in [4.78, 5) is 45.6. The predicted molar refractivity (Wildman–Crippen MR) is 123 cm³/mol. The fraction of sp³-hybridized carbons (Fsp3) is 0.417. The molecule has 1 aromatic carbocycles. The molecule has 0 saturated heterocycles. The summed E-state index contributed by atoms with van der Waals surface area (Å²) < 4.78 is 7.00. The minimum atomic E-state index is -0.925. The molecule has 9 nitrogen and oxygen atoms in total. The molecule has 0 radical (unpaired) electrons. The van der Waals surface area contributed by atoms with E-state index in [1.807, 2.05) is 34.6 Å². The van der Waals surface area contributed by atoms with Crippen molar-refractivity contribution in [3.8, 4) is 0 Å². The number of carbonyl (C=O) groups is 3. The van der Waals surface area contributed by atoms with Crippen molar-refractivity contribution in [2.45, 2.75) is 60.5 Å². The third-order valence-corrected chi connectivity index (χ3v) is 5.35. The molecule has 3 rings (SSSR count). The fourth-order valence-corrected chi connectivity index (χ4v) is 3.32. The van der Waals surface area contributed by atoms with E-state index in [9.17, 15) is 14.4 Å². The van der Waals surface area contributed by atoms with Gasteiger partial charge in [0.1, 0.15) is 6.33 Å². The third kappa shape index (κ3) is 5.60. The zero-order chi connectivity index (χ0) is 24.3. The number of anilines is 1. The number of ketones is 1. The topological polar surface area (TPSA) is 116 Å². The van der Waals surface area contributed by atoms with E-state index in [1.165, 1.54) is 6.33 Å². The minimum absolute atomic E-state index is 0.110. The SMILES string of the molecule is Cc1nc2ncnn2c(C)c1CCC(=O)OC(C)C(=O)c1ccc(NC(=O)C(C)(C)C)cc1. The number of nitrogens with zero attached hydrogens (tertiary/aromatic N) is 4. The number of rotatable bonds is 7. The first-order chi connectivity index (χ1) is 15.5. The second kappa shape index (κ2) is 9.48. The largest absolute Gasteiger partial charge is 0.454 e. The summed E-state index contributed by atoms with van der Waals surface area (Å²) in [6.07, 6.45) is 1.04. The summed E-state index contributed by atoms with van der Waals surface area (Å²) in [5, 5.41) is 6.95. The Kier molecular flexibility index (Phi) is 6.90. The molecule has 0 aliphatic heterocycles. The van der Waals surface area contributed by atoms with Crippen LogP contribution in [-0.4, -0.2) is 43.3 Å². The van der Waals surface area contributed by atoms with Gasteiger partial charge in [0, 0.05) is 34.5 Å². The zero-order valence-corrected chi connectivity index (χ0v) is 19.8. The van der Waals surface area contributed by atoms with Crippen molar-refractivity contribution in [3.05, 3.63) is 53.1 Å². The zero-order valence-electron chi connectivity index (χ0n) is 19.8. The number of hydrogen-bond donors (Lipinski definition) is 1. The summed E-state index contributed by atoms with van der Waals surface area (Å²) in [6, 6.07) is 6.53. The van der Waals surface area contributed by atoms with E-state index in [-0.39, 0.29) is 18.1 Å². The van der Waals surface area contributed by atoms with Gasteiger partial charge in [-0.15, -0.1) is 0 Å². The number of amides is 1. The van der Waals surface area contributed by atoms with Gasteiger partial charge in [0.05, 0.1) is 0 Å². The number of ether oxygens (including phenoxy) is 1. The van der Waals surface area contributed by atoms with Gasteiger partial charge >= 0.3 is 5.97 Å². The van der Waals surface area contributed by atoms with Crippen LogP contribution in [0.4, 0.5) is 5.69 Å². The Bertz CT molecular complexity index is 1190. The molecule has 1 N–H and O–H groups in total. The molecule has 1 unspecified atom stereocenters. The van der Waals surface area contributed by atoms with E-state index >= 15 is 0 Å². The Balaban J connectivity index is 1.57. The number of carbonyl (C=O) groups excluding carboxylic acids is 3. The Morgan fingerprint density at radius 3 is 2.42 bits per heavy atom. The first-order valence-corrected chi connectivity index (χ1v) is 10.8. The molecule has 0 saturated carbocycles. The van der Waals surface area contributed by atoms with Gasteiger partial charge in [0.15, 0.2) is 6.10 Å². The van der Waals surface area contributed by atoms with Crippen LogP contribution in [0.25, 0.3) is 5.78 Å². The maximum atomic E-state index is 12.7. The minimum Gasteiger partial charge on any atom is -0.454 e. The molecule has 0 fully saturated rings. The average Bonchev–Trinajstić information content (AvgIpc) is 3.21. The van der Waals surface area contributed by atoms with Crippen LogP contribution in [0.15, 0.2) is 30.6 Å². The molecule has 0 bridgehead atoms. The van der Waals surface area contributed by atoms with Crippen LogP contribution >= 0.6 is 0 Å². The van der Waals surface area contributed by atoms with Crippen molar-refractivity contribution in [2.75, 3.05) is 5.32 Å². The number of fused-ring (bicyclic) bond motifs is 1. The number of Topliss-reactive ketones (excluding diaryl/α,β-unsaturated/α-hetero) is 1. The lowest BCUT2D eigenvalue weighted by Gasteiger charge is -2.18. The molecule has 1 atom stereocenters. The highest BCUT2D eigenvalue weighted by Gasteiger charge is 2.23. The third-order valence-electron chi connectivity index (χ3n) is 5.35. The Morgan fingerprint density at radius 2 is 1.79 bits per heavy atom. The second-order valence-corrected chi connectivity index (χ2v) is 9.01.